The lowest BCUT2D eigenvalue weighted by Crippen LogP contribution is -2.47. The first-order valence-corrected chi connectivity index (χ1v) is 10.0. The number of benzene rings is 1. The van der Waals surface area contributed by atoms with E-state index in [0.717, 1.165) is 58.1 Å². The molecule has 0 spiro atoms. The Morgan fingerprint density at radius 1 is 1.18 bits per heavy atom. The lowest BCUT2D eigenvalue weighted by Gasteiger charge is -2.34. The lowest BCUT2D eigenvalue weighted by molar-refractivity contribution is 0.00990. The third kappa shape index (κ3) is 8.53. The minimum atomic E-state index is 0. The number of likely N-dealkylation sites (tertiary alicyclic amines) is 1. The van der Waals surface area contributed by atoms with Crippen LogP contribution in [0.1, 0.15) is 31.7 Å². The lowest BCUT2D eigenvalue weighted by atomic mass is 10.1. The zero-order chi connectivity index (χ0) is 19.5. The van der Waals surface area contributed by atoms with Crippen LogP contribution in [-0.2, 0) is 16.0 Å². The highest BCUT2D eigenvalue weighted by Gasteiger charge is 2.21. The van der Waals surface area contributed by atoms with Crippen molar-refractivity contribution in [1.82, 2.24) is 10.2 Å². The van der Waals surface area contributed by atoms with Crippen LogP contribution in [0.4, 0.5) is 5.69 Å². The summed E-state index contributed by atoms with van der Waals surface area (Å²) in [5.41, 5.74) is 2.44. The van der Waals surface area contributed by atoms with Crippen LogP contribution in [0.3, 0.4) is 0 Å². The van der Waals surface area contributed by atoms with Crippen molar-refractivity contribution >= 4 is 35.6 Å². The maximum absolute atomic E-state index is 5.96. The highest BCUT2D eigenvalue weighted by Crippen LogP contribution is 2.16. The van der Waals surface area contributed by atoms with Gasteiger partial charge in [0.15, 0.2) is 5.96 Å². The van der Waals surface area contributed by atoms with E-state index in [4.69, 9.17) is 14.5 Å². The van der Waals surface area contributed by atoms with E-state index in [0.29, 0.717) is 12.6 Å². The van der Waals surface area contributed by atoms with E-state index in [1.54, 1.807) is 7.11 Å². The number of nitrogens with zero attached hydrogens (tertiary/aromatic N) is 3. The number of aliphatic imine (C=N–C) groups is 1. The number of piperidine rings is 1. The van der Waals surface area contributed by atoms with Gasteiger partial charge in [-0.3, -0.25) is 0 Å². The van der Waals surface area contributed by atoms with E-state index in [9.17, 15) is 0 Å². The van der Waals surface area contributed by atoms with Crippen LogP contribution in [0.15, 0.2) is 29.3 Å². The maximum atomic E-state index is 5.96. The predicted octanol–water partition coefficient (Wildman–Crippen LogP) is 3.35. The largest absolute Gasteiger partial charge is 0.385 e. The molecule has 28 heavy (non-hydrogen) atoms. The molecule has 0 radical (unpaired) electrons. The van der Waals surface area contributed by atoms with E-state index in [2.05, 4.69) is 60.4 Å². The number of guanidine groups is 1. The molecule has 0 aromatic heterocycles. The topological polar surface area (TPSA) is 49.3 Å². The molecule has 0 bridgehead atoms. The Balaban J connectivity index is 0.00000392. The number of hydrogen-bond acceptors (Lipinski definition) is 4. The van der Waals surface area contributed by atoms with Gasteiger partial charge in [-0.1, -0.05) is 12.1 Å². The molecule has 2 rings (SSSR count). The Labute approximate surface area is 187 Å². The number of halogens is 1. The van der Waals surface area contributed by atoms with Crippen LogP contribution in [0.2, 0.25) is 0 Å². The van der Waals surface area contributed by atoms with Gasteiger partial charge in [0.25, 0.3) is 0 Å². The van der Waals surface area contributed by atoms with Gasteiger partial charge in [-0.15, -0.1) is 24.0 Å². The molecule has 7 heteroatoms. The minimum Gasteiger partial charge on any atom is -0.385 e. The fourth-order valence-corrected chi connectivity index (χ4v) is 3.18. The van der Waals surface area contributed by atoms with Crippen molar-refractivity contribution in [2.75, 3.05) is 59.0 Å². The first kappa shape index (κ1) is 25.0. The summed E-state index contributed by atoms with van der Waals surface area (Å²) in [5.74, 6) is 1.01. The van der Waals surface area contributed by atoms with Crippen molar-refractivity contribution in [1.29, 1.82) is 0 Å². The molecule has 1 aliphatic rings. The first-order chi connectivity index (χ1) is 13.1. The van der Waals surface area contributed by atoms with Crippen molar-refractivity contribution < 1.29 is 9.47 Å². The third-order valence-corrected chi connectivity index (χ3v) is 4.79. The second-order valence-electron chi connectivity index (χ2n) is 7.13. The van der Waals surface area contributed by atoms with Gasteiger partial charge in [0.05, 0.1) is 12.6 Å². The van der Waals surface area contributed by atoms with Crippen molar-refractivity contribution in [3.05, 3.63) is 29.8 Å². The molecule has 1 heterocycles. The van der Waals surface area contributed by atoms with Gasteiger partial charge in [-0.05, 0) is 43.9 Å². The summed E-state index contributed by atoms with van der Waals surface area (Å²) in [6, 6.07) is 8.60. The van der Waals surface area contributed by atoms with Gasteiger partial charge in [-0.25, -0.2) is 4.99 Å². The van der Waals surface area contributed by atoms with Crippen molar-refractivity contribution in [2.24, 2.45) is 4.99 Å². The van der Waals surface area contributed by atoms with Crippen LogP contribution in [-0.4, -0.2) is 71.0 Å². The first-order valence-electron chi connectivity index (χ1n) is 10.0. The van der Waals surface area contributed by atoms with Gasteiger partial charge < -0.3 is 24.6 Å². The summed E-state index contributed by atoms with van der Waals surface area (Å²) in [6.07, 6.45) is 3.43. The second kappa shape index (κ2) is 14.0. The molecule has 0 aliphatic carbocycles. The number of nitrogens with one attached hydrogen (secondary N) is 1. The summed E-state index contributed by atoms with van der Waals surface area (Å²) in [6.45, 7) is 7.23. The van der Waals surface area contributed by atoms with Gasteiger partial charge in [-0.2, -0.15) is 0 Å². The van der Waals surface area contributed by atoms with Crippen LogP contribution >= 0.6 is 24.0 Å². The molecule has 1 fully saturated rings. The zero-order valence-electron chi connectivity index (χ0n) is 17.8. The van der Waals surface area contributed by atoms with Gasteiger partial charge in [0, 0.05) is 59.7 Å². The molecule has 6 nitrogen and oxygen atoms in total. The monoisotopic (exact) mass is 504 g/mol. The smallest absolute Gasteiger partial charge is 0.194 e. The molecule has 1 N–H and O–H groups in total. The van der Waals surface area contributed by atoms with Crippen molar-refractivity contribution in [3.8, 4) is 0 Å². The fraction of sp³-hybridized carbons (Fsp3) is 0.667. The molecule has 160 valence electrons. The van der Waals surface area contributed by atoms with Crippen LogP contribution in [0.25, 0.3) is 0 Å². The van der Waals surface area contributed by atoms with Gasteiger partial charge in [0.1, 0.15) is 0 Å². The quantitative estimate of drug-likeness (QED) is 0.242. The minimum absolute atomic E-state index is 0. The highest BCUT2D eigenvalue weighted by molar-refractivity contribution is 14.0. The van der Waals surface area contributed by atoms with Crippen molar-refractivity contribution in [2.45, 2.75) is 38.8 Å². The molecule has 0 amide bonds. The molecular formula is C21H37IN4O2. The Hall–Kier alpha value is -1.06. The number of ether oxygens (including phenoxy) is 2. The molecule has 0 saturated carbocycles. The van der Waals surface area contributed by atoms with Crippen LogP contribution in [0, 0.1) is 0 Å². The van der Waals surface area contributed by atoms with Gasteiger partial charge in [0.2, 0.25) is 0 Å². The standard InChI is InChI=1S/C21H36N4O2.HI/c1-5-22-21(23-17-18-7-9-19(10-8-18)24(2)3)25-13-11-20(12-14-25)27-16-6-15-26-4;/h7-10,20H,5-6,11-17H2,1-4H3,(H,22,23);1H. The number of anilines is 1. The van der Waals surface area contributed by atoms with Crippen LogP contribution in [0.5, 0.6) is 0 Å². The summed E-state index contributed by atoms with van der Waals surface area (Å²) in [4.78, 5) is 9.32. The highest BCUT2D eigenvalue weighted by atomic mass is 127. The second-order valence-corrected chi connectivity index (χ2v) is 7.13. The average molecular weight is 504 g/mol. The van der Waals surface area contributed by atoms with Gasteiger partial charge >= 0.3 is 0 Å². The summed E-state index contributed by atoms with van der Waals surface area (Å²) in [5, 5.41) is 3.44. The summed E-state index contributed by atoms with van der Waals surface area (Å²) in [7, 11) is 5.85. The Bertz CT molecular complexity index is 558. The molecular weight excluding hydrogens is 467 g/mol. The van der Waals surface area contributed by atoms with E-state index < -0.39 is 0 Å². The normalized spacial score (nSPS) is 15.3. The van der Waals surface area contributed by atoms with E-state index in [1.807, 2.05) is 0 Å². The Kier molecular flexibility index (Phi) is 12.5. The SMILES string of the molecule is CCNC(=NCc1ccc(N(C)C)cc1)N1CCC(OCCCOC)CC1.I. The van der Waals surface area contributed by atoms with E-state index >= 15 is 0 Å². The maximum Gasteiger partial charge on any atom is 0.194 e. The van der Waals surface area contributed by atoms with E-state index in [-0.39, 0.29) is 24.0 Å². The number of methoxy groups -OCH3 is 1. The molecule has 1 aromatic rings. The van der Waals surface area contributed by atoms with E-state index in [1.165, 1.54) is 11.3 Å². The Morgan fingerprint density at radius 3 is 2.43 bits per heavy atom. The molecule has 0 atom stereocenters. The Morgan fingerprint density at radius 2 is 1.86 bits per heavy atom. The molecule has 0 unspecified atom stereocenters. The fourth-order valence-electron chi connectivity index (χ4n) is 3.18. The molecule has 1 aliphatic heterocycles. The van der Waals surface area contributed by atoms with Crippen LogP contribution < -0.4 is 10.2 Å². The summed E-state index contributed by atoms with van der Waals surface area (Å²) < 4.78 is 11.0. The molecule has 1 saturated heterocycles. The molecule has 1 aromatic carbocycles. The average Bonchev–Trinajstić information content (AvgIpc) is 2.69. The third-order valence-electron chi connectivity index (χ3n) is 4.79. The summed E-state index contributed by atoms with van der Waals surface area (Å²) >= 11 is 0. The zero-order valence-corrected chi connectivity index (χ0v) is 20.1. The number of hydrogen-bond donors (Lipinski definition) is 1. The number of rotatable bonds is 9. The van der Waals surface area contributed by atoms with Crippen molar-refractivity contribution in [3.63, 3.8) is 0 Å². The predicted molar refractivity (Wildman–Crippen MR) is 128 cm³/mol.